The van der Waals surface area contributed by atoms with E-state index in [1.54, 1.807) is 23.0 Å². The van der Waals surface area contributed by atoms with Gasteiger partial charge in [-0.15, -0.1) is 0 Å². The third kappa shape index (κ3) is 5.95. The Morgan fingerprint density at radius 3 is 2.69 bits per heavy atom. The lowest BCUT2D eigenvalue weighted by Gasteiger charge is -2.13. The van der Waals surface area contributed by atoms with Crippen LogP contribution < -0.4 is 15.8 Å². The van der Waals surface area contributed by atoms with E-state index in [0.29, 0.717) is 28.2 Å². The number of nitrogens with zero attached hydrogens (tertiary/aromatic N) is 3. The zero-order chi connectivity index (χ0) is 24.8. The minimum Gasteiger partial charge on any atom is -0.491 e. The molecule has 0 saturated heterocycles. The summed E-state index contributed by atoms with van der Waals surface area (Å²) in [6.45, 7) is 4.39. The lowest BCUT2D eigenvalue weighted by molar-refractivity contribution is 0.114. The van der Waals surface area contributed by atoms with E-state index in [-0.39, 0.29) is 25.8 Å². The molecule has 0 aliphatic heterocycles. The smallest absolute Gasteiger partial charge is 0.411 e. The van der Waals surface area contributed by atoms with Crippen molar-refractivity contribution in [1.82, 2.24) is 14.8 Å². The Balaban J connectivity index is 1.63. The van der Waals surface area contributed by atoms with Gasteiger partial charge in [0.1, 0.15) is 25.1 Å². The van der Waals surface area contributed by atoms with E-state index in [9.17, 15) is 9.90 Å². The second-order valence-corrected chi connectivity index (χ2v) is 8.39. The molecule has 0 saturated carbocycles. The minimum absolute atomic E-state index is 0.0700. The van der Waals surface area contributed by atoms with Gasteiger partial charge in [-0.05, 0) is 37.6 Å². The molecule has 0 radical (unpaired) electrons. The molecule has 1 atom stereocenters. The third-order valence-corrected chi connectivity index (χ3v) is 5.35. The Morgan fingerprint density at radius 2 is 1.94 bits per heavy atom. The van der Waals surface area contributed by atoms with E-state index in [1.165, 1.54) is 0 Å². The van der Waals surface area contributed by atoms with E-state index in [0.717, 1.165) is 11.1 Å². The van der Waals surface area contributed by atoms with Gasteiger partial charge < -0.3 is 20.3 Å². The van der Waals surface area contributed by atoms with Crippen LogP contribution in [0.4, 0.5) is 10.5 Å². The number of nitrogens with two attached hydrogens (primary N) is 1. The Hall–Kier alpha value is -3.95. The van der Waals surface area contributed by atoms with Crippen LogP contribution in [0.25, 0.3) is 22.3 Å². The van der Waals surface area contributed by atoms with Gasteiger partial charge >= 0.3 is 6.09 Å². The number of hydrogen-bond donors (Lipinski definition) is 3. The van der Waals surface area contributed by atoms with Crippen LogP contribution in [0.1, 0.15) is 25.5 Å². The van der Waals surface area contributed by atoms with Gasteiger partial charge in [0.2, 0.25) is 0 Å². The third-order valence-electron chi connectivity index (χ3n) is 5.35. The van der Waals surface area contributed by atoms with Crippen molar-refractivity contribution in [3.05, 3.63) is 72.4 Å². The molecule has 9 heteroatoms. The van der Waals surface area contributed by atoms with Crippen LogP contribution >= 0.6 is 0 Å². The molecule has 35 heavy (non-hydrogen) atoms. The number of aliphatic hydroxyl groups excluding tert-OH is 1. The molecular weight excluding hydrogens is 446 g/mol. The summed E-state index contributed by atoms with van der Waals surface area (Å²) < 4.78 is 12.9. The standard InChI is InChI=1S/C26H29N5O4/c1-17(2)31-25-22(14-28-31)24(30-26(33)35-15-18-7-4-3-5-8-18)12-23(29-25)19-9-6-10-21(11-19)34-16-20(32)13-27/h3-12,14,17,20,32H,13,15-16,27H2,1-2H3,(H,29,30,33). The highest BCUT2D eigenvalue weighted by atomic mass is 16.5. The molecule has 2 heterocycles. The summed E-state index contributed by atoms with van der Waals surface area (Å²) in [6.07, 6.45) is 0.371. The number of carbonyl (C=O) groups is 1. The van der Waals surface area contributed by atoms with Gasteiger partial charge in [-0.1, -0.05) is 42.5 Å². The predicted octanol–water partition coefficient (Wildman–Crippen LogP) is 4.13. The summed E-state index contributed by atoms with van der Waals surface area (Å²) in [4.78, 5) is 17.4. The molecule has 9 nitrogen and oxygen atoms in total. The van der Waals surface area contributed by atoms with Crippen LogP contribution in [0.2, 0.25) is 0 Å². The minimum atomic E-state index is -0.744. The number of carbonyl (C=O) groups excluding carboxylic acids is 1. The van der Waals surface area contributed by atoms with Crippen molar-refractivity contribution < 1.29 is 19.4 Å². The van der Waals surface area contributed by atoms with Gasteiger partial charge in [-0.2, -0.15) is 5.10 Å². The molecule has 4 aromatic rings. The van der Waals surface area contributed by atoms with Crippen molar-refractivity contribution in [2.75, 3.05) is 18.5 Å². The number of fused-ring (bicyclic) bond motifs is 1. The van der Waals surface area contributed by atoms with E-state index in [1.807, 2.05) is 62.4 Å². The molecule has 0 aliphatic carbocycles. The summed E-state index contributed by atoms with van der Waals surface area (Å²) in [6, 6.07) is 18.7. The largest absolute Gasteiger partial charge is 0.491 e. The van der Waals surface area contributed by atoms with Crippen LogP contribution in [0.3, 0.4) is 0 Å². The van der Waals surface area contributed by atoms with Crippen molar-refractivity contribution in [1.29, 1.82) is 0 Å². The van der Waals surface area contributed by atoms with Gasteiger partial charge in [0.15, 0.2) is 5.65 Å². The summed E-state index contributed by atoms with van der Waals surface area (Å²) in [5.74, 6) is 0.575. The van der Waals surface area contributed by atoms with Crippen LogP contribution in [-0.2, 0) is 11.3 Å². The first kappa shape index (κ1) is 24.2. The Bertz CT molecular complexity index is 1290. The molecule has 0 spiro atoms. The van der Waals surface area contributed by atoms with Crippen LogP contribution in [0.15, 0.2) is 66.9 Å². The average Bonchev–Trinajstić information content (AvgIpc) is 3.31. The summed E-state index contributed by atoms with van der Waals surface area (Å²) in [7, 11) is 0. The topological polar surface area (TPSA) is 125 Å². The molecule has 1 amide bonds. The second kappa shape index (κ2) is 11.0. The van der Waals surface area contributed by atoms with Crippen molar-refractivity contribution in [2.45, 2.75) is 32.6 Å². The van der Waals surface area contributed by atoms with Crippen molar-refractivity contribution in [3.8, 4) is 17.0 Å². The maximum atomic E-state index is 12.6. The highest BCUT2D eigenvalue weighted by Gasteiger charge is 2.17. The fourth-order valence-corrected chi connectivity index (χ4v) is 3.52. The molecule has 0 aliphatic rings. The summed E-state index contributed by atoms with van der Waals surface area (Å²) in [5.41, 5.74) is 8.94. The first-order valence-corrected chi connectivity index (χ1v) is 11.4. The molecule has 4 rings (SSSR count). The van der Waals surface area contributed by atoms with Gasteiger partial charge in [-0.25, -0.2) is 14.5 Å². The van der Waals surface area contributed by atoms with Gasteiger partial charge in [-0.3, -0.25) is 5.32 Å². The van der Waals surface area contributed by atoms with Crippen LogP contribution in [-0.4, -0.2) is 45.2 Å². The number of nitrogens with one attached hydrogen (secondary N) is 1. The number of benzene rings is 2. The first-order chi connectivity index (χ1) is 16.9. The SMILES string of the molecule is CC(C)n1ncc2c(NC(=O)OCc3ccccc3)cc(-c3cccc(OCC(O)CN)c3)nc21. The Labute approximate surface area is 203 Å². The number of anilines is 1. The quantitative estimate of drug-likeness (QED) is 0.332. The first-order valence-electron chi connectivity index (χ1n) is 11.4. The molecule has 4 N–H and O–H groups in total. The van der Waals surface area contributed by atoms with E-state index in [4.69, 9.17) is 20.2 Å². The average molecular weight is 476 g/mol. The number of rotatable bonds is 9. The van der Waals surface area contributed by atoms with Gasteiger partial charge in [0.25, 0.3) is 0 Å². The Kier molecular flexibility index (Phi) is 7.59. The number of hydrogen-bond acceptors (Lipinski definition) is 7. The van der Waals surface area contributed by atoms with E-state index >= 15 is 0 Å². The zero-order valence-electron chi connectivity index (χ0n) is 19.7. The molecular formula is C26H29N5O4. The van der Waals surface area contributed by atoms with Crippen molar-refractivity contribution in [3.63, 3.8) is 0 Å². The number of amides is 1. The predicted molar refractivity (Wildman–Crippen MR) is 134 cm³/mol. The highest BCUT2D eigenvalue weighted by Crippen LogP contribution is 2.31. The molecule has 1 unspecified atom stereocenters. The Morgan fingerprint density at radius 1 is 1.14 bits per heavy atom. The molecule has 0 bridgehead atoms. The summed E-state index contributed by atoms with van der Waals surface area (Å²) >= 11 is 0. The fraction of sp³-hybridized carbons (Fsp3) is 0.269. The molecule has 2 aromatic carbocycles. The van der Waals surface area contributed by atoms with Gasteiger partial charge in [0, 0.05) is 18.2 Å². The van der Waals surface area contributed by atoms with Gasteiger partial charge in [0.05, 0.1) is 23.0 Å². The normalized spacial score (nSPS) is 12.0. The summed E-state index contributed by atoms with van der Waals surface area (Å²) in [5, 5.41) is 17.7. The number of aromatic nitrogens is 3. The highest BCUT2D eigenvalue weighted by molar-refractivity contribution is 5.99. The van der Waals surface area contributed by atoms with Crippen LogP contribution in [0, 0.1) is 0 Å². The lowest BCUT2D eigenvalue weighted by atomic mass is 10.1. The maximum Gasteiger partial charge on any atom is 0.411 e. The monoisotopic (exact) mass is 475 g/mol. The maximum absolute atomic E-state index is 12.6. The fourth-order valence-electron chi connectivity index (χ4n) is 3.52. The van der Waals surface area contributed by atoms with E-state index in [2.05, 4.69) is 10.4 Å². The number of aliphatic hydroxyl groups is 1. The molecule has 2 aromatic heterocycles. The van der Waals surface area contributed by atoms with Crippen molar-refractivity contribution in [2.24, 2.45) is 5.73 Å². The molecule has 182 valence electrons. The van der Waals surface area contributed by atoms with Crippen LogP contribution in [0.5, 0.6) is 5.75 Å². The molecule has 0 fully saturated rings. The zero-order valence-corrected chi connectivity index (χ0v) is 19.7. The van der Waals surface area contributed by atoms with Crippen molar-refractivity contribution >= 4 is 22.8 Å². The second-order valence-electron chi connectivity index (χ2n) is 8.39. The van der Waals surface area contributed by atoms with E-state index < -0.39 is 12.2 Å². The number of ether oxygens (including phenoxy) is 2. The number of pyridine rings is 1. The lowest BCUT2D eigenvalue weighted by Crippen LogP contribution is -2.26.